The number of aromatic amines is 1. The first-order chi connectivity index (χ1) is 23.8. The van der Waals surface area contributed by atoms with Crippen molar-refractivity contribution in [1.82, 2.24) is 50.7 Å². The molecule has 5 aromatic rings. The van der Waals surface area contributed by atoms with Gasteiger partial charge in [-0.2, -0.15) is 5.01 Å². The minimum atomic E-state index is -0.846. The number of para-hydroxylation sites is 1. The highest BCUT2D eigenvalue weighted by molar-refractivity contribution is 7.22. The number of aromatic nitrogens is 5. The molecule has 16 heteroatoms. The van der Waals surface area contributed by atoms with Gasteiger partial charge < -0.3 is 20.9 Å². The number of tetrazole rings is 1. The lowest BCUT2D eigenvalue weighted by Crippen LogP contribution is -2.66. The van der Waals surface area contributed by atoms with E-state index < -0.39 is 18.2 Å². The first kappa shape index (κ1) is 31.8. The second kappa shape index (κ2) is 13.4. The molecule has 4 heterocycles. The Balaban J connectivity index is 1.19. The number of nitrogens with zero attached hydrogens (tertiary/aromatic N) is 8. The van der Waals surface area contributed by atoms with E-state index in [0.717, 1.165) is 26.9 Å². The zero-order valence-corrected chi connectivity index (χ0v) is 27.0. The van der Waals surface area contributed by atoms with Gasteiger partial charge in [0.25, 0.3) is 0 Å². The number of nitrogens with two attached hydrogens (primary N) is 1. The fraction of sp³-hybridized carbons (Fsp3) is 0.242. The van der Waals surface area contributed by atoms with Gasteiger partial charge in [-0.25, -0.2) is 19.3 Å². The molecule has 250 valence electrons. The first-order valence-electron chi connectivity index (χ1n) is 15.5. The van der Waals surface area contributed by atoms with Gasteiger partial charge in [-0.1, -0.05) is 65.9 Å². The van der Waals surface area contributed by atoms with Crippen molar-refractivity contribution >= 4 is 44.5 Å². The molecule has 0 aliphatic carbocycles. The topological polar surface area (TPSA) is 170 Å². The van der Waals surface area contributed by atoms with Crippen LogP contribution in [0.2, 0.25) is 0 Å². The van der Waals surface area contributed by atoms with Crippen LogP contribution in [0.15, 0.2) is 79.4 Å². The SMILES string of the molecule is C=CCN(C(=O)NCc1ccc(F)cc1)N1CC(=O)N2[C@@H](Cc3ccc(-c4nnn[nH]4)cc3)C(=O)N(Cc3cccc4sc(N)nc34)C[C@@H]21. The number of nitrogen functional groups attached to an aromatic ring is 1. The van der Waals surface area contributed by atoms with E-state index in [1.54, 1.807) is 33.0 Å². The third-order valence-corrected chi connectivity index (χ3v) is 9.50. The van der Waals surface area contributed by atoms with Crippen molar-refractivity contribution in [2.24, 2.45) is 0 Å². The Labute approximate surface area is 284 Å². The molecule has 0 unspecified atom stereocenters. The van der Waals surface area contributed by atoms with Crippen LogP contribution in [-0.4, -0.2) is 95.1 Å². The molecular weight excluding hydrogens is 650 g/mol. The molecule has 49 heavy (non-hydrogen) atoms. The van der Waals surface area contributed by atoms with E-state index in [-0.39, 0.29) is 56.8 Å². The van der Waals surface area contributed by atoms with Crippen LogP contribution in [0.5, 0.6) is 0 Å². The van der Waals surface area contributed by atoms with E-state index in [4.69, 9.17) is 5.73 Å². The first-order valence-corrected chi connectivity index (χ1v) is 16.3. The van der Waals surface area contributed by atoms with E-state index in [0.29, 0.717) is 16.5 Å². The third kappa shape index (κ3) is 6.42. The second-order valence-electron chi connectivity index (χ2n) is 11.7. The summed E-state index contributed by atoms with van der Waals surface area (Å²) < 4.78 is 14.3. The zero-order chi connectivity index (χ0) is 34.1. The van der Waals surface area contributed by atoms with Gasteiger partial charge in [0.2, 0.25) is 11.8 Å². The number of fused-ring (bicyclic) bond motifs is 2. The van der Waals surface area contributed by atoms with E-state index in [1.807, 2.05) is 42.5 Å². The van der Waals surface area contributed by atoms with Crippen molar-refractivity contribution in [3.63, 3.8) is 0 Å². The van der Waals surface area contributed by atoms with Gasteiger partial charge in [-0.3, -0.25) is 14.6 Å². The molecule has 2 aliphatic heterocycles. The predicted octanol–water partition coefficient (Wildman–Crippen LogP) is 2.93. The molecular formula is C33H32FN11O3S. The Bertz CT molecular complexity index is 2000. The lowest BCUT2D eigenvalue weighted by molar-refractivity contribution is -0.157. The van der Waals surface area contributed by atoms with Crippen LogP contribution in [-0.2, 0) is 29.1 Å². The molecule has 0 spiro atoms. The summed E-state index contributed by atoms with van der Waals surface area (Å²) >= 11 is 1.37. The third-order valence-electron chi connectivity index (χ3n) is 8.65. The molecule has 0 bridgehead atoms. The summed E-state index contributed by atoms with van der Waals surface area (Å²) in [7, 11) is 0. The number of halogens is 1. The largest absolute Gasteiger partial charge is 0.375 e. The van der Waals surface area contributed by atoms with Crippen molar-refractivity contribution in [2.75, 3.05) is 25.4 Å². The van der Waals surface area contributed by atoms with Gasteiger partial charge in [-0.15, -0.1) is 11.7 Å². The van der Waals surface area contributed by atoms with Crippen molar-refractivity contribution in [2.45, 2.75) is 31.7 Å². The second-order valence-corrected chi connectivity index (χ2v) is 12.8. The van der Waals surface area contributed by atoms with E-state index in [1.165, 1.54) is 28.5 Å². The van der Waals surface area contributed by atoms with Crippen molar-refractivity contribution < 1.29 is 18.8 Å². The fourth-order valence-electron chi connectivity index (χ4n) is 6.35. The van der Waals surface area contributed by atoms with Crippen LogP contribution in [0, 0.1) is 5.82 Å². The number of amides is 4. The minimum absolute atomic E-state index is 0.112. The standard InChI is InChI=1S/C33H32FN11O3S/c1-2-14-43(33(48)36-16-21-8-12-24(34)13-9-21)44-19-28(46)45-25(15-20-6-10-22(11-7-20)30-38-40-41-39-30)31(47)42(18-27(44)45)17-23-4-3-5-26-29(23)37-32(35)49-26/h2-13,25,27H,1,14-19H2,(H2,35,37)(H,36,48)(H,38,39,40,41)/t25-,27+/m0/s1. The summed E-state index contributed by atoms with van der Waals surface area (Å²) in [6.07, 6.45) is 1.17. The molecule has 2 atom stereocenters. The number of carbonyl (C=O) groups is 3. The summed E-state index contributed by atoms with van der Waals surface area (Å²) in [4.78, 5) is 49.6. The number of anilines is 1. The smallest absolute Gasteiger partial charge is 0.332 e. The molecule has 0 saturated carbocycles. The zero-order valence-electron chi connectivity index (χ0n) is 26.2. The number of piperazine rings is 1. The molecule has 3 aromatic carbocycles. The molecule has 2 aliphatic rings. The number of thiazole rings is 1. The summed E-state index contributed by atoms with van der Waals surface area (Å²) in [6.45, 7) is 4.36. The van der Waals surface area contributed by atoms with E-state index >= 15 is 0 Å². The van der Waals surface area contributed by atoms with Gasteiger partial charge in [0.05, 0.1) is 29.9 Å². The van der Waals surface area contributed by atoms with Crippen molar-refractivity contribution in [3.05, 3.63) is 102 Å². The van der Waals surface area contributed by atoms with Gasteiger partial charge in [0, 0.05) is 25.1 Å². The quantitative estimate of drug-likeness (QED) is 0.188. The number of hydrogen-bond donors (Lipinski definition) is 3. The van der Waals surface area contributed by atoms with Crippen LogP contribution < -0.4 is 11.1 Å². The number of H-pyrrole nitrogens is 1. The molecule has 2 aromatic heterocycles. The normalized spacial score (nSPS) is 17.8. The maximum Gasteiger partial charge on any atom is 0.332 e. The average Bonchev–Trinajstić information content (AvgIpc) is 3.85. The highest BCUT2D eigenvalue weighted by atomic mass is 32.1. The van der Waals surface area contributed by atoms with E-state index in [2.05, 4.69) is 37.5 Å². The number of carbonyl (C=O) groups excluding carboxylic acids is 3. The Morgan fingerprint density at radius 1 is 1.12 bits per heavy atom. The van der Waals surface area contributed by atoms with Crippen molar-refractivity contribution in [1.29, 1.82) is 0 Å². The number of benzene rings is 3. The Kier molecular flexibility index (Phi) is 8.71. The summed E-state index contributed by atoms with van der Waals surface area (Å²) in [5, 5.41) is 20.4. The molecule has 0 radical (unpaired) electrons. The average molecular weight is 682 g/mol. The van der Waals surface area contributed by atoms with Gasteiger partial charge in [-0.05, 0) is 45.3 Å². The number of hydrogen-bond acceptors (Lipinski definition) is 10. The number of hydrazine groups is 1. The van der Waals surface area contributed by atoms with Crippen LogP contribution >= 0.6 is 11.3 Å². The lowest BCUT2D eigenvalue weighted by Gasteiger charge is -2.46. The van der Waals surface area contributed by atoms with Gasteiger partial charge in [0.15, 0.2) is 11.0 Å². The van der Waals surface area contributed by atoms with Gasteiger partial charge in [0.1, 0.15) is 18.0 Å². The Morgan fingerprint density at radius 2 is 1.90 bits per heavy atom. The lowest BCUT2D eigenvalue weighted by atomic mass is 9.99. The summed E-state index contributed by atoms with van der Waals surface area (Å²) in [5.41, 5.74) is 9.89. The monoisotopic (exact) mass is 681 g/mol. The predicted molar refractivity (Wildman–Crippen MR) is 179 cm³/mol. The maximum atomic E-state index is 14.3. The molecule has 7 rings (SSSR count). The van der Waals surface area contributed by atoms with Crippen molar-refractivity contribution in [3.8, 4) is 11.4 Å². The Morgan fingerprint density at radius 3 is 2.63 bits per heavy atom. The Hall–Kier alpha value is -5.74. The van der Waals surface area contributed by atoms with Crippen LogP contribution in [0.4, 0.5) is 14.3 Å². The maximum absolute atomic E-state index is 14.3. The van der Waals surface area contributed by atoms with Crippen LogP contribution in [0.3, 0.4) is 0 Å². The molecule has 4 N–H and O–H groups in total. The number of nitrogens with one attached hydrogen (secondary N) is 2. The highest BCUT2D eigenvalue weighted by Crippen LogP contribution is 2.32. The number of urea groups is 1. The fourth-order valence-corrected chi connectivity index (χ4v) is 7.13. The summed E-state index contributed by atoms with van der Waals surface area (Å²) in [5.74, 6) is -0.357. The molecule has 4 amide bonds. The minimum Gasteiger partial charge on any atom is -0.375 e. The molecule has 2 fully saturated rings. The molecule has 2 saturated heterocycles. The van der Waals surface area contributed by atoms with Gasteiger partial charge >= 0.3 is 6.03 Å². The number of rotatable bonds is 10. The van der Waals surface area contributed by atoms with E-state index in [9.17, 15) is 18.8 Å². The van der Waals surface area contributed by atoms with Crippen LogP contribution in [0.1, 0.15) is 16.7 Å². The summed E-state index contributed by atoms with van der Waals surface area (Å²) in [6, 6.07) is 17.7. The highest BCUT2D eigenvalue weighted by Gasteiger charge is 2.52. The molecule has 14 nitrogen and oxygen atoms in total. The van der Waals surface area contributed by atoms with Crippen LogP contribution in [0.25, 0.3) is 21.6 Å².